The van der Waals surface area contributed by atoms with E-state index in [2.05, 4.69) is 22.0 Å². The van der Waals surface area contributed by atoms with Gasteiger partial charge in [-0.1, -0.05) is 0 Å². The lowest BCUT2D eigenvalue weighted by Crippen LogP contribution is -2.24. The molecule has 0 fully saturated rings. The number of rotatable bonds is 1. The topological polar surface area (TPSA) is 50.1 Å². The third kappa shape index (κ3) is 3.31. The van der Waals surface area contributed by atoms with E-state index in [4.69, 9.17) is 10.00 Å². The molecule has 0 aliphatic heterocycles. The molecule has 0 aliphatic carbocycles. The van der Waals surface area contributed by atoms with Crippen LogP contribution >= 0.6 is 15.9 Å². The van der Waals surface area contributed by atoms with Crippen molar-refractivity contribution in [2.45, 2.75) is 33.3 Å². The highest BCUT2D eigenvalue weighted by molar-refractivity contribution is 9.10. The molecule has 0 saturated heterocycles. The Balaban J connectivity index is 3.14. The molecule has 3 nitrogen and oxygen atoms in total. The van der Waals surface area contributed by atoms with Gasteiger partial charge in [0.15, 0.2) is 0 Å². The highest BCUT2D eigenvalue weighted by Crippen LogP contribution is 2.26. The Hall–Kier alpha value is -1.34. The summed E-state index contributed by atoms with van der Waals surface area (Å²) in [5.74, 6) is -0.392. The van der Waals surface area contributed by atoms with Crippen molar-refractivity contribution in [3.8, 4) is 6.07 Å². The number of hydrogen-bond acceptors (Lipinski definition) is 3. The molecule has 1 aromatic carbocycles. The maximum absolute atomic E-state index is 11.9. The largest absolute Gasteiger partial charge is 0.456 e. The molecule has 4 heteroatoms. The minimum atomic E-state index is -0.529. The molecule has 0 saturated carbocycles. The number of nitrogens with zero attached hydrogens (tertiary/aromatic N) is 1. The number of ether oxygens (including phenoxy) is 1. The summed E-state index contributed by atoms with van der Waals surface area (Å²) in [6.07, 6.45) is 0. The van der Waals surface area contributed by atoms with Crippen molar-refractivity contribution < 1.29 is 9.53 Å². The second kappa shape index (κ2) is 4.89. The van der Waals surface area contributed by atoms with Crippen LogP contribution in [0.15, 0.2) is 16.6 Å². The highest BCUT2D eigenvalue weighted by Gasteiger charge is 2.21. The normalized spacial score (nSPS) is 10.8. The van der Waals surface area contributed by atoms with Gasteiger partial charge in [0, 0.05) is 4.47 Å². The average Bonchev–Trinajstić information content (AvgIpc) is 2.19. The van der Waals surface area contributed by atoms with Crippen LogP contribution in [0.25, 0.3) is 0 Å². The summed E-state index contributed by atoms with van der Waals surface area (Å²) in [5.41, 5.74) is 1.20. The Morgan fingerprint density at radius 3 is 2.47 bits per heavy atom. The van der Waals surface area contributed by atoms with E-state index in [1.165, 1.54) is 0 Å². The SMILES string of the molecule is Cc1c(C#N)ccc(C(=O)OC(C)(C)C)c1Br. The molecular weight excluding hydrogens is 282 g/mol. The molecule has 0 heterocycles. The smallest absolute Gasteiger partial charge is 0.339 e. The van der Waals surface area contributed by atoms with Gasteiger partial charge in [0.25, 0.3) is 0 Å². The van der Waals surface area contributed by atoms with Crippen LogP contribution in [-0.2, 0) is 4.74 Å². The van der Waals surface area contributed by atoms with Crippen molar-refractivity contribution in [3.05, 3.63) is 33.3 Å². The molecule has 1 rings (SSSR count). The standard InChI is InChI=1S/C13H14BrNO2/c1-8-9(7-15)5-6-10(11(8)14)12(16)17-13(2,3)4/h5-6H,1-4H3. The Morgan fingerprint density at radius 2 is 2.00 bits per heavy atom. The molecule has 0 unspecified atom stereocenters. The minimum Gasteiger partial charge on any atom is -0.456 e. The van der Waals surface area contributed by atoms with Crippen molar-refractivity contribution in [1.29, 1.82) is 5.26 Å². The third-order valence-corrected chi connectivity index (χ3v) is 3.15. The molecule has 0 aliphatic rings. The first-order valence-corrected chi connectivity index (χ1v) is 5.98. The molecule has 0 aromatic heterocycles. The fourth-order valence-corrected chi connectivity index (χ4v) is 1.80. The zero-order valence-corrected chi connectivity index (χ0v) is 11.9. The van der Waals surface area contributed by atoms with E-state index in [0.29, 0.717) is 15.6 Å². The van der Waals surface area contributed by atoms with E-state index in [-0.39, 0.29) is 0 Å². The number of esters is 1. The van der Waals surface area contributed by atoms with Crippen molar-refractivity contribution in [3.63, 3.8) is 0 Å². The number of benzene rings is 1. The molecule has 0 N–H and O–H groups in total. The number of carbonyl (C=O) groups is 1. The van der Waals surface area contributed by atoms with Crippen LogP contribution in [0.5, 0.6) is 0 Å². The Kier molecular flexibility index (Phi) is 3.94. The summed E-state index contributed by atoms with van der Waals surface area (Å²) < 4.78 is 5.90. The molecule has 90 valence electrons. The summed E-state index contributed by atoms with van der Waals surface area (Å²) in [4.78, 5) is 11.9. The summed E-state index contributed by atoms with van der Waals surface area (Å²) in [6.45, 7) is 7.23. The second-order valence-corrected chi connectivity index (χ2v) is 5.51. The monoisotopic (exact) mass is 295 g/mol. The van der Waals surface area contributed by atoms with Crippen LogP contribution in [0.3, 0.4) is 0 Å². The molecule has 0 atom stereocenters. The average molecular weight is 296 g/mol. The Morgan fingerprint density at radius 1 is 1.41 bits per heavy atom. The van der Waals surface area contributed by atoms with Gasteiger partial charge in [-0.05, 0) is 61.3 Å². The van der Waals surface area contributed by atoms with Gasteiger partial charge in [0.1, 0.15) is 5.60 Å². The Labute approximate surface area is 110 Å². The lowest BCUT2D eigenvalue weighted by molar-refractivity contribution is 0.00684. The highest BCUT2D eigenvalue weighted by atomic mass is 79.9. The van der Waals surface area contributed by atoms with Gasteiger partial charge >= 0.3 is 5.97 Å². The molecule has 17 heavy (non-hydrogen) atoms. The van der Waals surface area contributed by atoms with Gasteiger partial charge in [-0.25, -0.2) is 4.79 Å². The van der Waals surface area contributed by atoms with Crippen molar-refractivity contribution in [2.75, 3.05) is 0 Å². The first-order valence-electron chi connectivity index (χ1n) is 5.19. The molecular formula is C13H14BrNO2. The zero-order valence-electron chi connectivity index (χ0n) is 10.3. The zero-order chi connectivity index (χ0) is 13.2. The van der Waals surface area contributed by atoms with Crippen molar-refractivity contribution in [2.24, 2.45) is 0 Å². The lowest BCUT2D eigenvalue weighted by atomic mass is 10.1. The maximum atomic E-state index is 11.9. The van der Waals surface area contributed by atoms with E-state index < -0.39 is 11.6 Å². The fraction of sp³-hybridized carbons (Fsp3) is 0.385. The van der Waals surface area contributed by atoms with Crippen molar-refractivity contribution >= 4 is 21.9 Å². The van der Waals surface area contributed by atoms with E-state index in [1.54, 1.807) is 19.1 Å². The number of carbonyl (C=O) groups excluding carboxylic acids is 1. The number of nitriles is 1. The first kappa shape index (κ1) is 13.7. The quantitative estimate of drug-likeness (QED) is 0.744. The molecule has 1 aromatic rings. The second-order valence-electron chi connectivity index (χ2n) is 4.71. The van der Waals surface area contributed by atoms with Crippen LogP contribution in [0.4, 0.5) is 0 Å². The first-order chi connectivity index (χ1) is 7.76. The van der Waals surface area contributed by atoms with Gasteiger partial charge in [-0.3, -0.25) is 0 Å². The van der Waals surface area contributed by atoms with Gasteiger partial charge in [-0.15, -0.1) is 0 Å². The maximum Gasteiger partial charge on any atom is 0.339 e. The van der Waals surface area contributed by atoms with Gasteiger partial charge in [-0.2, -0.15) is 5.26 Å². The summed E-state index contributed by atoms with van der Waals surface area (Å²) in [6, 6.07) is 5.29. The third-order valence-electron chi connectivity index (χ3n) is 2.13. The summed E-state index contributed by atoms with van der Waals surface area (Å²) in [5, 5.41) is 8.87. The van der Waals surface area contributed by atoms with Crippen LogP contribution in [0, 0.1) is 18.3 Å². The van der Waals surface area contributed by atoms with E-state index in [1.807, 2.05) is 20.8 Å². The van der Waals surface area contributed by atoms with Crippen molar-refractivity contribution in [1.82, 2.24) is 0 Å². The molecule has 0 spiro atoms. The van der Waals surface area contributed by atoms with Gasteiger partial charge in [0.05, 0.1) is 17.2 Å². The number of hydrogen-bond donors (Lipinski definition) is 0. The summed E-state index contributed by atoms with van der Waals surface area (Å²) in [7, 11) is 0. The van der Waals surface area contributed by atoms with Crippen LogP contribution < -0.4 is 0 Å². The summed E-state index contributed by atoms with van der Waals surface area (Å²) >= 11 is 3.33. The minimum absolute atomic E-state index is 0.392. The number of halogens is 1. The van der Waals surface area contributed by atoms with Crippen LogP contribution in [0.2, 0.25) is 0 Å². The van der Waals surface area contributed by atoms with Crippen LogP contribution in [-0.4, -0.2) is 11.6 Å². The predicted octanol–water partition coefficient (Wildman–Crippen LogP) is 3.58. The lowest BCUT2D eigenvalue weighted by Gasteiger charge is -2.20. The molecule has 0 radical (unpaired) electrons. The Bertz CT molecular complexity index is 495. The predicted molar refractivity (Wildman–Crippen MR) is 68.8 cm³/mol. The van der Waals surface area contributed by atoms with E-state index >= 15 is 0 Å². The van der Waals surface area contributed by atoms with Gasteiger partial charge in [0.2, 0.25) is 0 Å². The van der Waals surface area contributed by atoms with Crippen LogP contribution in [0.1, 0.15) is 42.3 Å². The van der Waals surface area contributed by atoms with E-state index in [0.717, 1.165) is 5.56 Å². The fourth-order valence-electron chi connectivity index (χ4n) is 1.30. The molecule has 0 bridgehead atoms. The van der Waals surface area contributed by atoms with E-state index in [9.17, 15) is 4.79 Å². The van der Waals surface area contributed by atoms with Gasteiger partial charge < -0.3 is 4.74 Å². The molecule has 0 amide bonds.